The van der Waals surface area contributed by atoms with Crippen LogP contribution in [0.15, 0.2) is 0 Å². The van der Waals surface area contributed by atoms with Crippen LogP contribution in [0.2, 0.25) is 0 Å². The Morgan fingerprint density at radius 2 is 1.03 bits per heavy atom. The summed E-state index contributed by atoms with van der Waals surface area (Å²) in [7, 11) is 0. The van der Waals surface area contributed by atoms with Crippen LogP contribution in [-0.4, -0.2) is 266 Å². The van der Waals surface area contributed by atoms with Crippen molar-refractivity contribution in [2.45, 2.75) is 163 Å². The molecule has 1 saturated carbocycles. The summed E-state index contributed by atoms with van der Waals surface area (Å²) in [6, 6.07) is -1.21. The van der Waals surface area contributed by atoms with Gasteiger partial charge < -0.3 is 106 Å². The van der Waals surface area contributed by atoms with Crippen molar-refractivity contribution in [3.05, 3.63) is 0 Å². The number of hydrogen-bond donors (Lipinski definition) is 16. The van der Waals surface area contributed by atoms with E-state index in [1.54, 1.807) is 0 Å². The minimum Gasteiger partial charge on any atom is -0.396 e. The van der Waals surface area contributed by atoms with Gasteiger partial charge in [0, 0.05) is 58.0 Å². The Morgan fingerprint density at radius 3 is 1.55 bits per heavy atom. The summed E-state index contributed by atoms with van der Waals surface area (Å²) in [6.45, 7) is -2.30. The van der Waals surface area contributed by atoms with Crippen LogP contribution >= 0.6 is 0 Å². The highest BCUT2D eigenvalue weighted by atomic mass is 16.7. The van der Waals surface area contributed by atoms with Crippen molar-refractivity contribution in [2.24, 2.45) is 5.92 Å². The van der Waals surface area contributed by atoms with Crippen molar-refractivity contribution < 1.29 is 109 Å². The molecule has 4 amide bonds. The number of rotatable bonds is 33. The Morgan fingerprint density at radius 1 is 0.535 bits per heavy atom. The second-order valence-corrected chi connectivity index (χ2v) is 17.9. The number of carbonyl (C=O) groups is 5. The average molecular weight is 1030 g/mol. The molecule has 0 aromatic carbocycles. The quantitative estimate of drug-likeness (QED) is 0.0272. The Kier molecular flexibility index (Phi) is 28.8. The maximum Gasteiger partial charge on any atom is 0.237 e. The highest BCUT2D eigenvalue weighted by Crippen LogP contribution is 2.28. The molecule has 71 heavy (non-hydrogen) atoms. The van der Waals surface area contributed by atoms with E-state index < -0.39 is 148 Å². The number of ether oxygens (including phenoxy) is 5. The first-order chi connectivity index (χ1) is 33.9. The largest absolute Gasteiger partial charge is 0.396 e. The summed E-state index contributed by atoms with van der Waals surface area (Å²) in [5.41, 5.74) is 0. The molecule has 3 aliphatic rings. The van der Waals surface area contributed by atoms with Crippen molar-refractivity contribution >= 4 is 29.4 Å². The van der Waals surface area contributed by atoms with Gasteiger partial charge in [-0.1, -0.05) is 6.92 Å². The first-order valence-electron chi connectivity index (χ1n) is 24.3. The Bertz CT molecular complexity index is 1530. The number of nitrogens with zero attached hydrogens (tertiary/aromatic N) is 1. The number of nitrogens with one attached hydrogen (secondary N) is 4. The van der Waals surface area contributed by atoms with Crippen LogP contribution < -0.4 is 21.3 Å². The molecule has 0 bridgehead atoms. The minimum atomic E-state index is -1.72. The van der Waals surface area contributed by atoms with E-state index in [9.17, 15) is 85.3 Å². The first-order valence-corrected chi connectivity index (χ1v) is 24.3. The maximum absolute atomic E-state index is 14.0. The summed E-state index contributed by atoms with van der Waals surface area (Å²) in [5, 5.41) is 131. The van der Waals surface area contributed by atoms with E-state index in [2.05, 4.69) is 21.3 Å². The summed E-state index contributed by atoms with van der Waals surface area (Å²) in [6.07, 6.45) is -17.4. The van der Waals surface area contributed by atoms with E-state index in [0.717, 1.165) is 6.42 Å². The fourth-order valence-electron chi connectivity index (χ4n) is 8.30. The average Bonchev–Trinajstić information content (AvgIpc) is 3.34. The van der Waals surface area contributed by atoms with Gasteiger partial charge >= 0.3 is 0 Å². The molecule has 0 radical (unpaired) electrons. The fraction of sp³-hybridized carbons (Fsp3) is 0.886. The number of hydrogen-bond acceptors (Lipinski definition) is 23. The van der Waals surface area contributed by atoms with Gasteiger partial charge in [0.15, 0.2) is 12.6 Å². The van der Waals surface area contributed by atoms with E-state index in [1.807, 2.05) is 6.92 Å². The predicted molar refractivity (Wildman–Crippen MR) is 242 cm³/mol. The van der Waals surface area contributed by atoms with E-state index in [-0.39, 0.29) is 83.4 Å². The second-order valence-electron chi connectivity index (χ2n) is 17.9. The molecule has 2 aliphatic heterocycles. The van der Waals surface area contributed by atoms with Gasteiger partial charge in [-0.25, -0.2) is 0 Å². The first kappa shape index (κ1) is 62.1. The lowest BCUT2D eigenvalue weighted by Crippen LogP contribution is -2.59. The fourth-order valence-corrected chi connectivity index (χ4v) is 8.30. The van der Waals surface area contributed by atoms with Crippen LogP contribution in [0.1, 0.15) is 71.1 Å². The van der Waals surface area contributed by atoms with E-state index in [4.69, 9.17) is 23.7 Å². The van der Waals surface area contributed by atoms with Crippen LogP contribution in [0, 0.1) is 5.92 Å². The highest BCUT2D eigenvalue weighted by molar-refractivity contribution is 5.86. The molecule has 412 valence electrons. The number of carbonyl (C=O) groups excluding carboxylic acids is 5. The summed E-state index contributed by atoms with van der Waals surface area (Å²) in [4.78, 5) is 66.6. The van der Waals surface area contributed by atoms with Crippen molar-refractivity contribution in [1.29, 1.82) is 0 Å². The molecule has 1 aliphatic carbocycles. The molecule has 3 unspecified atom stereocenters. The summed E-state index contributed by atoms with van der Waals surface area (Å²) < 4.78 is 27.3. The van der Waals surface area contributed by atoms with Crippen LogP contribution in [0.4, 0.5) is 0 Å². The molecule has 0 aromatic rings. The summed E-state index contributed by atoms with van der Waals surface area (Å²) >= 11 is 0. The lowest BCUT2D eigenvalue weighted by molar-refractivity contribution is -0.300. The molecule has 16 atom stereocenters. The van der Waals surface area contributed by atoms with Gasteiger partial charge in [-0.05, 0) is 44.9 Å². The smallest absolute Gasteiger partial charge is 0.237 e. The molecular formula is C44H79N5O22. The SMILES string of the molecule is CCCC(=O)CCCCC(=O)NCCCC[C@@H](C(=O)NCCOC1O[C@H](CO)[C@@H](O)[C@H](O)[C@@H]1O)N(CC(=O)NCCOC1C[C@H](CO)[C@@H](O)[C@H](O)[C@@H]1O)CC(=O)NCCOC1O[C@H](CO)[C@@H](O)[C@H](O)[C@@H]1O. The number of amides is 4. The van der Waals surface area contributed by atoms with Crippen molar-refractivity contribution in [3.63, 3.8) is 0 Å². The Hall–Kier alpha value is -3.17. The molecule has 2 heterocycles. The molecule has 3 rings (SSSR count). The zero-order chi connectivity index (χ0) is 52.6. The molecule has 27 nitrogen and oxygen atoms in total. The number of aliphatic hydroxyl groups is 12. The zero-order valence-electron chi connectivity index (χ0n) is 40.2. The third-order valence-electron chi connectivity index (χ3n) is 12.5. The maximum atomic E-state index is 14.0. The standard InChI is InChI=1S/C44H79N5O22/c1-2-7-25(53)8-3-4-10-30(54)45-11-6-5-9-26(42(66)48-14-17-69-44-41(65)39(63)36(60)29(23-52)71-44)49(19-31(55)46-12-15-67-27-18-24(21-50)33(57)37(61)34(27)58)20-32(56)47-13-16-68-43-40(64)38(62)35(59)28(22-51)70-43/h24,26-29,33-41,43-44,50-52,57-65H,2-23H2,1H3,(H,45,54)(H,46,55)(H,47,56)(H,48,66)/t24-,26+,27?,28-,29-,33-,34-,35-,36-,37+,38+,39+,40+,41+,43?,44?/m1/s1. The molecule has 16 N–H and O–H groups in total. The van der Waals surface area contributed by atoms with Gasteiger partial charge in [-0.2, -0.15) is 0 Å². The number of unbranched alkanes of at least 4 members (excludes halogenated alkanes) is 2. The molecule has 3 fully saturated rings. The highest BCUT2D eigenvalue weighted by Gasteiger charge is 2.46. The van der Waals surface area contributed by atoms with Crippen LogP contribution in [-0.2, 0) is 47.7 Å². The van der Waals surface area contributed by atoms with Crippen molar-refractivity contribution in [2.75, 3.05) is 78.9 Å². The van der Waals surface area contributed by atoms with Crippen LogP contribution in [0.5, 0.6) is 0 Å². The Balaban J connectivity index is 1.71. The van der Waals surface area contributed by atoms with Crippen LogP contribution in [0.25, 0.3) is 0 Å². The lowest BCUT2D eigenvalue weighted by atomic mass is 9.81. The monoisotopic (exact) mass is 1030 g/mol. The van der Waals surface area contributed by atoms with Gasteiger partial charge in [0.05, 0.1) is 64.4 Å². The summed E-state index contributed by atoms with van der Waals surface area (Å²) in [5.74, 6) is -2.95. The van der Waals surface area contributed by atoms with Gasteiger partial charge in [-0.3, -0.25) is 28.9 Å². The zero-order valence-corrected chi connectivity index (χ0v) is 40.2. The molecule has 0 aromatic heterocycles. The number of aliphatic hydroxyl groups excluding tert-OH is 12. The van der Waals surface area contributed by atoms with Crippen molar-refractivity contribution in [1.82, 2.24) is 26.2 Å². The second kappa shape index (κ2) is 32.9. The molecule has 27 heteroatoms. The van der Waals surface area contributed by atoms with E-state index in [0.29, 0.717) is 32.1 Å². The van der Waals surface area contributed by atoms with E-state index in [1.165, 1.54) is 4.90 Å². The topological polar surface area (TPSA) is 426 Å². The Labute approximate surface area is 411 Å². The number of Topliss-reactive ketones (excluding diaryl/α,β-unsaturated/α-hetero) is 1. The third-order valence-corrected chi connectivity index (χ3v) is 12.5. The van der Waals surface area contributed by atoms with Crippen LogP contribution in [0.3, 0.4) is 0 Å². The van der Waals surface area contributed by atoms with Gasteiger partial charge in [-0.15, -0.1) is 0 Å². The lowest BCUT2D eigenvalue weighted by Gasteiger charge is -2.39. The van der Waals surface area contributed by atoms with Gasteiger partial charge in [0.2, 0.25) is 23.6 Å². The predicted octanol–water partition coefficient (Wildman–Crippen LogP) is -7.67. The normalized spacial score (nSPS) is 31.4. The third kappa shape index (κ3) is 20.2. The van der Waals surface area contributed by atoms with E-state index >= 15 is 0 Å². The minimum absolute atomic E-state index is 0.00953. The molecule has 2 saturated heterocycles. The van der Waals surface area contributed by atoms with Gasteiger partial charge in [0.1, 0.15) is 66.8 Å². The number of ketones is 1. The van der Waals surface area contributed by atoms with Crippen molar-refractivity contribution in [3.8, 4) is 0 Å². The molecular weight excluding hydrogens is 950 g/mol. The molecule has 0 spiro atoms. The van der Waals surface area contributed by atoms with Gasteiger partial charge in [0.25, 0.3) is 0 Å².